The first-order chi connectivity index (χ1) is 12.5. The number of aryl methyl sites for hydroxylation is 2. The Bertz CT molecular complexity index is 1110. The molecule has 0 aliphatic carbocycles. The van der Waals surface area contributed by atoms with Gasteiger partial charge in [-0.25, -0.2) is 0 Å². The average Bonchev–Trinajstić information content (AvgIpc) is 2.99. The standard InChI is InChI=1S/C21H17N3O2/c1-14-8-10-15(11-9-14)18-12-17(24(25)26)13-19-20(22-23(2)21(18)19)16-6-4-3-5-7-16/h3-13H,1-2H3. The van der Waals surface area contributed by atoms with Crippen molar-refractivity contribution in [2.24, 2.45) is 7.05 Å². The quantitative estimate of drug-likeness (QED) is 0.383. The summed E-state index contributed by atoms with van der Waals surface area (Å²) in [5, 5.41) is 17.0. The van der Waals surface area contributed by atoms with Gasteiger partial charge in [-0.1, -0.05) is 60.2 Å². The minimum atomic E-state index is -0.348. The van der Waals surface area contributed by atoms with Crippen molar-refractivity contribution in [3.63, 3.8) is 0 Å². The van der Waals surface area contributed by atoms with Crippen LogP contribution in [0.25, 0.3) is 33.3 Å². The van der Waals surface area contributed by atoms with Crippen LogP contribution < -0.4 is 0 Å². The number of rotatable bonds is 3. The Morgan fingerprint density at radius 3 is 2.31 bits per heavy atom. The van der Waals surface area contributed by atoms with Crippen molar-refractivity contribution in [1.82, 2.24) is 9.78 Å². The van der Waals surface area contributed by atoms with E-state index in [0.29, 0.717) is 0 Å². The first-order valence-electron chi connectivity index (χ1n) is 8.32. The van der Waals surface area contributed by atoms with Gasteiger partial charge in [0.05, 0.1) is 10.4 Å². The van der Waals surface area contributed by atoms with Crippen LogP contribution in [0, 0.1) is 17.0 Å². The summed E-state index contributed by atoms with van der Waals surface area (Å²) in [6, 6.07) is 21.0. The molecule has 0 amide bonds. The van der Waals surface area contributed by atoms with Gasteiger partial charge in [0.1, 0.15) is 5.69 Å². The van der Waals surface area contributed by atoms with Crippen LogP contribution in [0.2, 0.25) is 0 Å². The van der Waals surface area contributed by atoms with Gasteiger partial charge >= 0.3 is 0 Å². The lowest BCUT2D eigenvalue weighted by molar-refractivity contribution is -0.384. The molecule has 0 spiro atoms. The highest BCUT2D eigenvalue weighted by atomic mass is 16.6. The van der Waals surface area contributed by atoms with E-state index in [-0.39, 0.29) is 10.6 Å². The average molecular weight is 343 g/mol. The van der Waals surface area contributed by atoms with Crippen LogP contribution in [0.1, 0.15) is 5.56 Å². The van der Waals surface area contributed by atoms with Crippen molar-refractivity contribution in [2.75, 3.05) is 0 Å². The molecule has 0 saturated carbocycles. The summed E-state index contributed by atoms with van der Waals surface area (Å²) in [7, 11) is 1.87. The van der Waals surface area contributed by atoms with Crippen molar-refractivity contribution >= 4 is 16.6 Å². The SMILES string of the molecule is Cc1ccc(-c2cc([N+](=O)[O-])cc3c(-c4ccccc4)nn(C)c23)cc1. The minimum absolute atomic E-state index is 0.0678. The van der Waals surface area contributed by atoms with Gasteiger partial charge in [0.2, 0.25) is 0 Å². The normalized spacial score (nSPS) is 11.0. The number of hydrogen-bond acceptors (Lipinski definition) is 3. The third kappa shape index (κ3) is 2.63. The smallest absolute Gasteiger partial charge is 0.267 e. The maximum Gasteiger partial charge on any atom is 0.270 e. The molecule has 4 rings (SSSR count). The van der Waals surface area contributed by atoms with Crippen LogP contribution in [-0.4, -0.2) is 14.7 Å². The van der Waals surface area contributed by atoms with Crippen LogP contribution in [-0.2, 0) is 7.05 Å². The summed E-state index contributed by atoms with van der Waals surface area (Å²) in [6.07, 6.45) is 0. The van der Waals surface area contributed by atoms with Gasteiger partial charge in [-0.15, -0.1) is 0 Å². The monoisotopic (exact) mass is 343 g/mol. The largest absolute Gasteiger partial charge is 0.270 e. The molecular formula is C21H17N3O2. The predicted octanol–water partition coefficient (Wildman–Crippen LogP) is 5.12. The first kappa shape index (κ1) is 16.0. The first-order valence-corrected chi connectivity index (χ1v) is 8.32. The van der Waals surface area contributed by atoms with Gasteiger partial charge < -0.3 is 0 Å². The number of aromatic nitrogens is 2. The molecule has 26 heavy (non-hydrogen) atoms. The molecule has 1 aromatic heterocycles. The highest BCUT2D eigenvalue weighted by molar-refractivity contribution is 6.03. The minimum Gasteiger partial charge on any atom is -0.267 e. The van der Waals surface area contributed by atoms with Crippen molar-refractivity contribution < 1.29 is 4.92 Å². The molecule has 0 N–H and O–H groups in total. The Kier molecular flexibility index (Phi) is 3.77. The lowest BCUT2D eigenvalue weighted by atomic mass is 9.98. The molecule has 0 aliphatic heterocycles. The Hall–Kier alpha value is -3.47. The van der Waals surface area contributed by atoms with E-state index in [1.807, 2.05) is 68.6 Å². The van der Waals surface area contributed by atoms with Crippen molar-refractivity contribution in [3.05, 3.63) is 82.4 Å². The zero-order chi connectivity index (χ0) is 18.3. The predicted molar refractivity (Wildman–Crippen MR) is 103 cm³/mol. The molecule has 0 fully saturated rings. The van der Waals surface area contributed by atoms with Gasteiger partial charge in [0.25, 0.3) is 5.69 Å². The fourth-order valence-corrected chi connectivity index (χ4v) is 3.27. The second-order valence-corrected chi connectivity index (χ2v) is 6.35. The number of benzene rings is 3. The van der Waals surface area contributed by atoms with Crippen molar-refractivity contribution in [3.8, 4) is 22.4 Å². The van der Waals surface area contributed by atoms with E-state index < -0.39 is 0 Å². The van der Waals surface area contributed by atoms with E-state index in [4.69, 9.17) is 0 Å². The van der Waals surface area contributed by atoms with Crippen LogP contribution in [0.15, 0.2) is 66.7 Å². The van der Waals surface area contributed by atoms with E-state index in [1.54, 1.807) is 16.8 Å². The number of fused-ring (bicyclic) bond motifs is 1. The summed E-state index contributed by atoms with van der Waals surface area (Å²) < 4.78 is 1.80. The number of hydrogen-bond donors (Lipinski definition) is 0. The lowest BCUT2D eigenvalue weighted by Crippen LogP contribution is -1.94. The Labute approximate surface area is 150 Å². The Morgan fingerprint density at radius 1 is 0.962 bits per heavy atom. The lowest BCUT2D eigenvalue weighted by Gasteiger charge is -2.07. The highest BCUT2D eigenvalue weighted by Crippen LogP contribution is 2.37. The molecule has 0 aliphatic rings. The Morgan fingerprint density at radius 2 is 1.65 bits per heavy atom. The maximum atomic E-state index is 11.5. The summed E-state index contributed by atoms with van der Waals surface area (Å²) in [5.74, 6) is 0. The fourth-order valence-electron chi connectivity index (χ4n) is 3.27. The molecule has 4 aromatic rings. The third-order valence-electron chi connectivity index (χ3n) is 4.54. The maximum absolute atomic E-state index is 11.5. The molecular weight excluding hydrogens is 326 g/mol. The number of nitro benzene ring substituents is 1. The third-order valence-corrected chi connectivity index (χ3v) is 4.54. The second-order valence-electron chi connectivity index (χ2n) is 6.35. The molecule has 5 nitrogen and oxygen atoms in total. The van der Waals surface area contributed by atoms with E-state index in [1.165, 1.54) is 0 Å². The zero-order valence-electron chi connectivity index (χ0n) is 14.5. The molecule has 128 valence electrons. The molecule has 0 unspecified atom stereocenters. The van der Waals surface area contributed by atoms with Gasteiger partial charge in [-0.2, -0.15) is 5.10 Å². The van der Waals surface area contributed by atoms with Crippen LogP contribution in [0.5, 0.6) is 0 Å². The molecule has 0 atom stereocenters. The van der Waals surface area contributed by atoms with Crippen LogP contribution in [0.4, 0.5) is 5.69 Å². The Balaban J connectivity index is 2.07. The topological polar surface area (TPSA) is 61.0 Å². The van der Waals surface area contributed by atoms with Crippen LogP contribution >= 0.6 is 0 Å². The number of non-ortho nitro benzene ring substituents is 1. The molecule has 0 radical (unpaired) electrons. The molecule has 0 saturated heterocycles. The van der Waals surface area contributed by atoms with Gasteiger partial charge in [0, 0.05) is 35.7 Å². The molecule has 3 aromatic carbocycles. The fraction of sp³-hybridized carbons (Fsp3) is 0.0952. The summed E-state index contributed by atoms with van der Waals surface area (Å²) >= 11 is 0. The number of nitrogens with zero attached hydrogens (tertiary/aromatic N) is 3. The zero-order valence-corrected chi connectivity index (χ0v) is 14.5. The van der Waals surface area contributed by atoms with E-state index >= 15 is 0 Å². The van der Waals surface area contributed by atoms with Gasteiger partial charge in [0.15, 0.2) is 0 Å². The summed E-state index contributed by atoms with van der Waals surface area (Å²) in [5.41, 5.74) is 5.54. The van der Waals surface area contributed by atoms with Crippen LogP contribution in [0.3, 0.4) is 0 Å². The van der Waals surface area contributed by atoms with Crippen molar-refractivity contribution in [2.45, 2.75) is 6.92 Å². The van der Waals surface area contributed by atoms with E-state index in [0.717, 1.165) is 38.9 Å². The highest BCUT2D eigenvalue weighted by Gasteiger charge is 2.20. The molecule has 5 heteroatoms. The van der Waals surface area contributed by atoms with E-state index in [2.05, 4.69) is 5.10 Å². The van der Waals surface area contributed by atoms with Gasteiger partial charge in [-0.3, -0.25) is 14.8 Å². The second kappa shape index (κ2) is 6.11. The number of nitro groups is 1. The van der Waals surface area contributed by atoms with Crippen molar-refractivity contribution in [1.29, 1.82) is 0 Å². The van der Waals surface area contributed by atoms with E-state index in [9.17, 15) is 10.1 Å². The molecule has 0 bridgehead atoms. The summed E-state index contributed by atoms with van der Waals surface area (Å²) in [6.45, 7) is 2.02. The van der Waals surface area contributed by atoms with Gasteiger partial charge in [-0.05, 0) is 12.5 Å². The molecule has 1 heterocycles. The summed E-state index contributed by atoms with van der Waals surface area (Å²) in [4.78, 5) is 11.2.